The third-order valence-corrected chi connectivity index (χ3v) is 2.75. The molecule has 1 aromatic heterocycles. The van der Waals surface area contributed by atoms with Crippen LogP contribution in [0, 0.1) is 5.92 Å². The summed E-state index contributed by atoms with van der Waals surface area (Å²) in [7, 11) is 0. The third kappa shape index (κ3) is 1.33. The van der Waals surface area contributed by atoms with Crippen molar-refractivity contribution in [3.63, 3.8) is 0 Å². The van der Waals surface area contributed by atoms with Crippen LogP contribution < -0.4 is 0 Å². The number of rotatable bonds is 1. The first-order valence-electron chi connectivity index (χ1n) is 4.26. The summed E-state index contributed by atoms with van der Waals surface area (Å²) in [5, 5.41) is 7.70. The Kier molecular flexibility index (Phi) is 2.05. The summed E-state index contributed by atoms with van der Waals surface area (Å²) < 4.78 is 5.18. The van der Waals surface area contributed by atoms with E-state index in [0.717, 1.165) is 6.42 Å². The maximum Gasteiger partial charge on any atom is 0.312 e. The van der Waals surface area contributed by atoms with Gasteiger partial charge in [0.2, 0.25) is 5.89 Å². The standard InChI is InChI=1S/C8H11ClN2O/c1-5-3-2-4-6(5)7-10-11-8(9)12-7/h5-6H,2-4H2,1H3. The minimum absolute atomic E-state index is 0.157. The minimum Gasteiger partial charge on any atom is -0.412 e. The van der Waals surface area contributed by atoms with Gasteiger partial charge in [-0.15, -0.1) is 5.10 Å². The van der Waals surface area contributed by atoms with Crippen LogP contribution in [-0.4, -0.2) is 10.2 Å². The van der Waals surface area contributed by atoms with Gasteiger partial charge in [-0.2, -0.15) is 0 Å². The van der Waals surface area contributed by atoms with E-state index in [1.807, 2.05) is 0 Å². The quantitative estimate of drug-likeness (QED) is 0.677. The minimum atomic E-state index is 0.157. The Morgan fingerprint density at radius 2 is 2.25 bits per heavy atom. The first-order chi connectivity index (χ1) is 5.77. The van der Waals surface area contributed by atoms with Crippen LogP contribution in [0.3, 0.4) is 0 Å². The molecule has 2 rings (SSSR count). The number of nitrogens with zero attached hydrogens (tertiary/aromatic N) is 2. The topological polar surface area (TPSA) is 38.9 Å². The monoisotopic (exact) mass is 186 g/mol. The highest BCUT2D eigenvalue weighted by Gasteiger charge is 2.29. The van der Waals surface area contributed by atoms with Crippen molar-refractivity contribution < 1.29 is 4.42 Å². The van der Waals surface area contributed by atoms with E-state index < -0.39 is 0 Å². The van der Waals surface area contributed by atoms with E-state index in [-0.39, 0.29) is 5.35 Å². The van der Waals surface area contributed by atoms with Crippen molar-refractivity contribution in [3.05, 3.63) is 11.2 Å². The van der Waals surface area contributed by atoms with Crippen LogP contribution >= 0.6 is 11.6 Å². The summed E-state index contributed by atoms with van der Waals surface area (Å²) in [6, 6.07) is 0. The Labute approximate surface area is 76.1 Å². The van der Waals surface area contributed by atoms with Crippen LogP contribution in [0.25, 0.3) is 0 Å². The van der Waals surface area contributed by atoms with Crippen molar-refractivity contribution in [1.82, 2.24) is 10.2 Å². The fourth-order valence-electron chi connectivity index (χ4n) is 1.88. The normalized spacial score (nSPS) is 29.5. The van der Waals surface area contributed by atoms with E-state index >= 15 is 0 Å². The second-order valence-corrected chi connectivity index (χ2v) is 3.73. The van der Waals surface area contributed by atoms with Gasteiger partial charge in [0, 0.05) is 5.92 Å². The van der Waals surface area contributed by atoms with Gasteiger partial charge in [0.05, 0.1) is 0 Å². The van der Waals surface area contributed by atoms with E-state index in [1.165, 1.54) is 12.8 Å². The molecule has 0 spiro atoms. The average molecular weight is 187 g/mol. The van der Waals surface area contributed by atoms with Crippen molar-refractivity contribution in [3.8, 4) is 0 Å². The molecule has 2 atom stereocenters. The largest absolute Gasteiger partial charge is 0.412 e. The molecule has 1 aliphatic carbocycles. The molecule has 2 unspecified atom stereocenters. The lowest BCUT2D eigenvalue weighted by molar-refractivity contribution is 0.401. The number of hydrogen-bond acceptors (Lipinski definition) is 3. The summed E-state index contributed by atoms with van der Waals surface area (Å²) in [5.41, 5.74) is 0. The Morgan fingerprint density at radius 3 is 2.75 bits per heavy atom. The van der Waals surface area contributed by atoms with Gasteiger partial charge in [0.1, 0.15) is 0 Å². The summed E-state index contributed by atoms with van der Waals surface area (Å²) >= 11 is 5.55. The lowest BCUT2D eigenvalue weighted by Crippen LogP contribution is -2.01. The van der Waals surface area contributed by atoms with Gasteiger partial charge in [-0.1, -0.05) is 18.4 Å². The summed E-state index contributed by atoms with van der Waals surface area (Å²) in [6.07, 6.45) is 3.66. The zero-order valence-corrected chi connectivity index (χ0v) is 7.71. The summed E-state index contributed by atoms with van der Waals surface area (Å²) in [4.78, 5) is 0. The van der Waals surface area contributed by atoms with Gasteiger partial charge in [-0.25, -0.2) is 0 Å². The zero-order chi connectivity index (χ0) is 8.55. The Morgan fingerprint density at radius 1 is 1.42 bits per heavy atom. The molecule has 0 saturated heterocycles. The highest BCUT2D eigenvalue weighted by molar-refractivity contribution is 6.27. The van der Waals surface area contributed by atoms with Crippen LogP contribution in [0.2, 0.25) is 5.35 Å². The highest BCUT2D eigenvalue weighted by atomic mass is 35.5. The molecule has 12 heavy (non-hydrogen) atoms. The van der Waals surface area contributed by atoms with E-state index in [1.54, 1.807) is 0 Å². The van der Waals surface area contributed by atoms with Crippen molar-refractivity contribution in [2.75, 3.05) is 0 Å². The van der Waals surface area contributed by atoms with Gasteiger partial charge in [0.25, 0.3) is 0 Å². The van der Waals surface area contributed by atoms with E-state index in [0.29, 0.717) is 17.7 Å². The van der Waals surface area contributed by atoms with E-state index in [2.05, 4.69) is 17.1 Å². The molecule has 0 aliphatic heterocycles. The first-order valence-corrected chi connectivity index (χ1v) is 4.64. The van der Waals surface area contributed by atoms with Crippen molar-refractivity contribution in [1.29, 1.82) is 0 Å². The molecule has 1 fully saturated rings. The molecule has 1 aromatic rings. The van der Waals surface area contributed by atoms with Crippen LogP contribution in [-0.2, 0) is 0 Å². The molecule has 0 N–H and O–H groups in total. The van der Waals surface area contributed by atoms with E-state index in [4.69, 9.17) is 16.0 Å². The Hall–Kier alpha value is -0.570. The van der Waals surface area contributed by atoms with Gasteiger partial charge in [-0.05, 0) is 30.4 Å². The second-order valence-electron chi connectivity index (χ2n) is 3.41. The fraction of sp³-hybridized carbons (Fsp3) is 0.750. The molecule has 0 amide bonds. The predicted molar refractivity (Wildman–Crippen MR) is 45.1 cm³/mol. The van der Waals surface area contributed by atoms with Crippen molar-refractivity contribution >= 4 is 11.6 Å². The highest BCUT2D eigenvalue weighted by Crippen LogP contribution is 2.38. The molecule has 0 bridgehead atoms. The lowest BCUT2D eigenvalue weighted by atomic mass is 9.98. The number of hydrogen-bond donors (Lipinski definition) is 0. The molecule has 1 heterocycles. The van der Waals surface area contributed by atoms with E-state index in [9.17, 15) is 0 Å². The molecule has 0 radical (unpaired) electrons. The molecule has 66 valence electrons. The van der Waals surface area contributed by atoms with Gasteiger partial charge < -0.3 is 4.42 Å². The van der Waals surface area contributed by atoms with Crippen LogP contribution in [0.4, 0.5) is 0 Å². The lowest BCUT2D eigenvalue weighted by Gasteiger charge is -2.08. The maximum atomic E-state index is 5.55. The summed E-state index contributed by atoms with van der Waals surface area (Å²) in [5.74, 6) is 1.80. The van der Waals surface area contributed by atoms with Crippen molar-refractivity contribution in [2.24, 2.45) is 5.92 Å². The maximum absolute atomic E-state index is 5.55. The molecule has 0 aromatic carbocycles. The Balaban J connectivity index is 2.19. The van der Waals surface area contributed by atoms with Gasteiger partial charge in [-0.3, -0.25) is 0 Å². The van der Waals surface area contributed by atoms with Gasteiger partial charge in [0.15, 0.2) is 0 Å². The van der Waals surface area contributed by atoms with Crippen molar-refractivity contribution in [2.45, 2.75) is 32.1 Å². The fourth-order valence-corrected chi connectivity index (χ4v) is 1.99. The molecular weight excluding hydrogens is 176 g/mol. The molecule has 4 heteroatoms. The summed E-state index contributed by atoms with van der Waals surface area (Å²) in [6.45, 7) is 2.22. The first kappa shape index (κ1) is 8.05. The van der Waals surface area contributed by atoms with Crippen LogP contribution in [0.5, 0.6) is 0 Å². The molecule has 1 saturated carbocycles. The SMILES string of the molecule is CC1CCCC1c1nnc(Cl)o1. The number of halogens is 1. The second kappa shape index (κ2) is 3.05. The number of aromatic nitrogens is 2. The van der Waals surface area contributed by atoms with Crippen LogP contribution in [0.15, 0.2) is 4.42 Å². The smallest absolute Gasteiger partial charge is 0.312 e. The molecule has 1 aliphatic rings. The van der Waals surface area contributed by atoms with Crippen LogP contribution in [0.1, 0.15) is 38.0 Å². The Bertz CT molecular complexity index is 274. The molecular formula is C8H11ClN2O. The zero-order valence-electron chi connectivity index (χ0n) is 6.96. The predicted octanol–water partition coefficient (Wildman–Crippen LogP) is 2.63. The average Bonchev–Trinajstić information content (AvgIpc) is 2.58. The van der Waals surface area contributed by atoms with Gasteiger partial charge >= 0.3 is 5.35 Å². The molecule has 3 nitrogen and oxygen atoms in total. The third-order valence-electron chi connectivity index (χ3n) is 2.59.